The zero-order chi connectivity index (χ0) is 22.2. The van der Waals surface area contributed by atoms with Gasteiger partial charge in [-0.25, -0.2) is 9.59 Å². The van der Waals surface area contributed by atoms with E-state index in [-0.39, 0.29) is 13.2 Å². The van der Waals surface area contributed by atoms with Crippen LogP contribution in [-0.4, -0.2) is 36.7 Å². The number of aryl methyl sites for hydroxylation is 1. The zero-order valence-corrected chi connectivity index (χ0v) is 17.7. The molecule has 1 fully saturated rings. The Bertz CT molecular complexity index is 1000. The van der Waals surface area contributed by atoms with E-state index in [2.05, 4.69) is 5.32 Å². The van der Waals surface area contributed by atoms with Crippen molar-refractivity contribution in [1.29, 1.82) is 0 Å². The van der Waals surface area contributed by atoms with Crippen molar-refractivity contribution >= 4 is 17.9 Å². The van der Waals surface area contributed by atoms with Crippen LogP contribution in [0.15, 0.2) is 48.5 Å². The van der Waals surface area contributed by atoms with Crippen molar-refractivity contribution in [3.05, 3.63) is 65.2 Å². The van der Waals surface area contributed by atoms with Crippen LogP contribution in [0.5, 0.6) is 5.75 Å². The molecule has 0 amide bonds. The summed E-state index contributed by atoms with van der Waals surface area (Å²) in [6.07, 6.45) is 0. The van der Waals surface area contributed by atoms with E-state index in [1.165, 1.54) is 0 Å². The van der Waals surface area contributed by atoms with Crippen molar-refractivity contribution in [2.75, 3.05) is 13.2 Å². The second-order valence-electron chi connectivity index (χ2n) is 7.70. The van der Waals surface area contributed by atoms with E-state index in [0.29, 0.717) is 11.3 Å². The van der Waals surface area contributed by atoms with Gasteiger partial charge in [0.25, 0.3) is 0 Å². The minimum Gasteiger partial charge on any atom is -0.464 e. The highest BCUT2D eigenvalue weighted by Crippen LogP contribution is 2.54. The van der Waals surface area contributed by atoms with Crippen molar-refractivity contribution in [3.63, 3.8) is 0 Å². The number of fused-ring (bicyclic) bond motifs is 3. The molecule has 7 heteroatoms. The summed E-state index contributed by atoms with van der Waals surface area (Å²) in [5.41, 5.74) is 0.289. The molecule has 0 spiro atoms. The summed E-state index contributed by atoms with van der Waals surface area (Å²) in [5, 5.41) is 3.19. The summed E-state index contributed by atoms with van der Waals surface area (Å²) in [7, 11) is 0. The number of ether oxygens (including phenoxy) is 3. The Kier molecular flexibility index (Phi) is 5.54. The van der Waals surface area contributed by atoms with Crippen LogP contribution in [0.1, 0.15) is 42.5 Å². The summed E-state index contributed by atoms with van der Waals surface area (Å²) < 4.78 is 16.4. The molecule has 3 atom stereocenters. The van der Waals surface area contributed by atoms with Gasteiger partial charge in [-0.3, -0.25) is 10.1 Å². The van der Waals surface area contributed by atoms with E-state index in [1.54, 1.807) is 38.1 Å². The van der Waals surface area contributed by atoms with Crippen LogP contribution in [0.25, 0.3) is 0 Å². The van der Waals surface area contributed by atoms with Crippen LogP contribution < -0.4 is 10.1 Å². The van der Waals surface area contributed by atoms with Crippen LogP contribution >= 0.6 is 0 Å². The van der Waals surface area contributed by atoms with Gasteiger partial charge in [0.15, 0.2) is 0 Å². The van der Waals surface area contributed by atoms with Gasteiger partial charge in [0, 0.05) is 11.5 Å². The topological polar surface area (TPSA) is 90.9 Å². The Morgan fingerprint density at radius 1 is 1.00 bits per heavy atom. The maximum absolute atomic E-state index is 13.4. The predicted octanol–water partition coefficient (Wildman–Crippen LogP) is 2.82. The highest BCUT2D eigenvalue weighted by Gasteiger charge is 2.68. The lowest BCUT2D eigenvalue weighted by Crippen LogP contribution is -2.59. The van der Waals surface area contributed by atoms with E-state index in [9.17, 15) is 14.4 Å². The first-order valence-electron chi connectivity index (χ1n) is 10.4. The smallest absolute Gasteiger partial charge is 0.338 e. The quantitative estimate of drug-likeness (QED) is 0.449. The molecule has 2 aliphatic rings. The Balaban J connectivity index is 1.96. The van der Waals surface area contributed by atoms with Gasteiger partial charge >= 0.3 is 17.9 Å². The zero-order valence-electron chi connectivity index (χ0n) is 17.7. The number of nitrogens with one attached hydrogen (secondary N) is 1. The Labute approximate surface area is 180 Å². The number of carbonyl (C=O) groups is 3. The summed E-state index contributed by atoms with van der Waals surface area (Å²) in [6.45, 7) is 5.35. The largest absolute Gasteiger partial charge is 0.464 e. The molecule has 4 rings (SSSR count). The molecule has 2 aliphatic heterocycles. The van der Waals surface area contributed by atoms with Gasteiger partial charge in [-0.1, -0.05) is 48.5 Å². The molecular formula is C24H25NO6. The third kappa shape index (κ3) is 3.20. The maximum Gasteiger partial charge on any atom is 0.338 e. The molecule has 0 radical (unpaired) electrons. The third-order valence-electron chi connectivity index (χ3n) is 5.97. The van der Waals surface area contributed by atoms with E-state index in [1.807, 2.05) is 31.2 Å². The van der Waals surface area contributed by atoms with E-state index >= 15 is 0 Å². The molecule has 0 aliphatic carbocycles. The van der Waals surface area contributed by atoms with Crippen LogP contribution in [0, 0.1) is 12.8 Å². The van der Waals surface area contributed by atoms with Gasteiger partial charge in [-0.05, 0) is 31.9 Å². The molecular weight excluding hydrogens is 398 g/mol. The number of benzene rings is 2. The van der Waals surface area contributed by atoms with Crippen molar-refractivity contribution in [2.45, 2.75) is 38.3 Å². The lowest BCUT2D eigenvalue weighted by atomic mass is 9.73. The van der Waals surface area contributed by atoms with Gasteiger partial charge in [0.05, 0.1) is 25.2 Å². The fourth-order valence-corrected chi connectivity index (χ4v) is 4.72. The molecule has 1 N–H and O–H groups in total. The predicted molar refractivity (Wildman–Crippen MR) is 111 cm³/mol. The fourth-order valence-electron chi connectivity index (χ4n) is 4.72. The molecule has 2 aromatic rings. The highest BCUT2D eigenvalue weighted by molar-refractivity contribution is 6.08. The lowest BCUT2D eigenvalue weighted by molar-refractivity contribution is -0.166. The first kappa shape index (κ1) is 21.1. The minimum atomic E-state index is -1.88. The van der Waals surface area contributed by atoms with Crippen LogP contribution in [0.3, 0.4) is 0 Å². The first-order chi connectivity index (χ1) is 15.0. The Morgan fingerprint density at radius 2 is 1.65 bits per heavy atom. The lowest BCUT2D eigenvalue weighted by Gasteiger charge is -2.32. The summed E-state index contributed by atoms with van der Waals surface area (Å²) in [4.78, 5) is 40.0. The number of esters is 3. The van der Waals surface area contributed by atoms with Gasteiger partial charge in [0.2, 0.25) is 5.54 Å². The van der Waals surface area contributed by atoms with Gasteiger partial charge in [0.1, 0.15) is 5.75 Å². The first-order valence-corrected chi connectivity index (χ1v) is 10.4. The molecule has 0 bridgehead atoms. The summed E-state index contributed by atoms with van der Waals surface area (Å²) >= 11 is 0. The molecule has 162 valence electrons. The number of hydrogen-bond acceptors (Lipinski definition) is 7. The highest BCUT2D eigenvalue weighted by atomic mass is 16.6. The van der Waals surface area contributed by atoms with E-state index in [0.717, 1.165) is 11.1 Å². The molecule has 0 aromatic heterocycles. The van der Waals surface area contributed by atoms with E-state index < -0.39 is 41.3 Å². The average Bonchev–Trinajstić information content (AvgIpc) is 3.14. The molecule has 2 aromatic carbocycles. The molecule has 2 heterocycles. The monoisotopic (exact) mass is 423 g/mol. The minimum absolute atomic E-state index is 0.0820. The average molecular weight is 423 g/mol. The third-order valence-corrected chi connectivity index (χ3v) is 5.97. The Morgan fingerprint density at radius 3 is 2.26 bits per heavy atom. The van der Waals surface area contributed by atoms with Gasteiger partial charge in [-0.15, -0.1) is 0 Å². The molecule has 7 nitrogen and oxygen atoms in total. The van der Waals surface area contributed by atoms with Crippen LogP contribution in [-0.2, 0) is 23.9 Å². The number of rotatable bonds is 5. The number of hydrogen-bond donors (Lipinski definition) is 1. The summed E-state index contributed by atoms with van der Waals surface area (Å²) in [5.74, 6) is -3.25. The van der Waals surface area contributed by atoms with Crippen LogP contribution in [0.4, 0.5) is 0 Å². The van der Waals surface area contributed by atoms with Crippen LogP contribution in [0.2, 0.25) is 0 Å². The Hall–Kier alpha value is -3.19. The van der Waals surface area contributed by atoms with Gasteiger partial charge in [-0.2, -0.15) is 0 Å². The summed E-state index contributed by atoms with van der Waals surface area (Å²) in [6, 6.07) is 14.0. The molecule has 1 saturated heterocycles. The second-order valence-corrected chi connectivity index (χ2v) is 7.70. The second kappa shape index (κ2) is 8.15. The molecule has 0 unspecified atom stereocenters. The van der Waals surface area contributed by atoms with E-state index in [4.69, 9.17) is 14.2 Å². The van der Waals surface area contributed by atoms with Crippen molar-refractivity contribution < 1.29 is 28.6 Å². The normalized spacial score (nSPS) is 23.3. The standard InChI is InChI=1S/C24H25NO6/c1-4-29-22(27)24(23(28)30-5-2)18(15-11-7-6-8-12-15)17-19(25-24)16-13-9-10-14(3)20(16)31-21(17)26/h6-13,17-19,25H,4-5H2,1-3H3/t17-,18-,19-/m0/s1. The van der Waals surface area contributed by atoms with Gasteiger partial charge < -0.3 is 14.2 Å². The number of carbonyl (C=O) groups excluding carboxylic acids is 3. The van der Waals surface area contributed by atoms with Crippen molar-refractivity contribution in [3.8, 4) is 5.75 Å². The fraction of sp³-hybridized carbons (Fsp3) is 0.375. The maximum atomic E-state index is 13.4. The molecule has 0 saturated carbocycles. The van der Waals surface area contributed by atoms with Crippen molar-refractivity contribution in [2.24, 2.45) is 5.92 Å². The number of para-hydroxylation sites is 1. The molecule has 31 heavy (non-hydrogen) atoms. The van der Waals surface area contributed by atoms with Crippen molar-refractivity contribution in [1.82, 2.24) is 5.32 Å². The SMILES string of the molecule is CCOC(=O)C1(C(=O)OCC)N[C@H]2c3cccc(C)c3OC(=O)[C@H]2[C@@H]1c1ccccc1.